The second kappa shape index (κ2) is 8.18. The van der Waals surface area contributed by atoms with Gasteiger partial charge in [-0.05, 0) is 35.4 Å². The summed E-state index contributed by atoms with van der Waals surface area (Å²) in [5.41, 5.74) is 0.177. The maximum atomic E-state index is 5.66. The van der Waals surface area contributed by atoms with E-state index >= 15 is 0 Å². The van der Waals surface area contributed by atoms with E-state index in [0.29, 0.717) is 0 Å². The third-order valence-electron chi connectivity index (χ3n) is 3.74. The summed E-state index contributed by atoms with van der Waals surface area (Å²) in [5.74, 6) is 1.10. The van der Waals surface area contributed by atoms with Crippen LogP contribution < -0.4 is 0 Å². The average Bonchev–Trinajstić information content (AvgIpc) is 2.79. The molecule has 0 saturated carbocycles. The highest BCUT2D eigenvalue weighted by molar-refractivity contribution is 14.1. The summed E-state index contributed by atoms with van der Waals surface area (Å²) in [5, 5.41) is 0. The minimum Gasteiger partial charge on any atom is -0.447 e. The summed E-state index contributed by atoms with van der Waals surface area (Å²) in [7, 11) is 0. The molecular weight excluding hydrogens is 337 g/mol. The minimum atomic E-state index is 0.177. The van der Waals surface area contributed by atoms with E-state index in [1.807, 2.05) is 0 Å². The number of hydrogen-bond donors (Lipinski definition) is 0. The van der Waals surface area contributed by atoms with E-state index in [1.165, 1.54) is 51.4 Å². The molecule has 1 rings (SSSR count). The SMILES string of the molecule is CCCCCCC(C)(CCCC)c1ocnc1I. The van der Waals surface area contributed by atoms with E-state index in [4.69, 9.17) is 4.42 Å². The molecule has 0 fully saturated rings. The van der Waals surface area contributed by atoms with Crippen LogP contribution in [0.5, 0.6) is 0 Å². The first kappa shape index (κ1) is 16.0. The normalized spacial score (nSPS) is 14.7. The molecule has 1 aromatic rings. The number of hydrogen-bond acceptors (Lipinski definition) is 2. The van der Waals surface area contributed by atoms with Gasteiger partial charge in [-0.15, -0.1) is 0 Å². The second-order valence-corrected chi connectivity index (χ2v) is 6.47. The van der Waals surface area contributed by atoms with Gasteiger partial charge in [-0.2, -0.15) is 0 Å². The summed E-state index contributed by atoms with van der Waals surface area (Å²) < 4.78 is 6.71. The first-order valence-corrected chi connectivity index (χ1v) is 8.31. The largest absolute Gasteiger partial charge is 0.447 e. The summed E-state index contributed by atoms with van der Waals surface area (Å²) >= 11 is 2.30. The number of rotatable bonds is 9. The van der Waals surface area contributed by atoms with Crippen molar-refractivity contribution in [1.29, 1.82) is 0 Å². The van der Waals surface area contributed by atoms with E-state index in [1.54, 1.807) is 6.39 Å². The Bertz CT molecular complexity index is 337. The Morgan fingerprint density at radius 3 is 2.33 bits per heavy atom. The van der Waals surface area contributed by atoms with Gasteiger partial charge in [0.15, 0.2) is 6.39 Å². The summed E-state index contributed by atoms with van der Waals surface area (Å²) in [4.78, 5) is 4.26. The van der Waals surface area contributed by atoms with Gasteiger partial charge in [0.05, 0.1) is 0 Å². The van der Waals surface area contributed by atoms with Crippen molar-refractivity contribution < 1.29 is 4.42 Å². The van der Waals surface area contributed by atoms with Gasteiger partial charge in [0.2, 0.25) is 0 Å². The highest BCUT2D eigenvalue weighted by atomic mass is 127. The lowest BCUT2D eigenvalue weighted by Gasteiger charge is -2.27. The third kappa shape index (κ3) is 4.56. The molecule has 0 aliphatic carbocycles. The number of unbranched alkanes of at least 4 members (excludes halogenated alkanes) is 4. The zero-order chi connectivity index (χ0) is 13.4. The van der Waals surface area contributed by atoms with Crippen molar-refractivity contribution in [3.8, 4) is 0 Å². The summed E-state index contributed by atoms with van der Waals surface area (Å²) in [6.07, 6.45) is 11.8. The van der Waals surface area contributed by atoms with Crippen LogP contribution in [0.3, 0.4) is 0 Å². The summed E-state index contributed by atoms with van der Waals surface area (Å²) in [6, 6.07) is 0. The topological polar surface area (TPSA) is 26.0 Å². The average molecular weight is 363 g/mol. The van der Waals surface area contributed by atoms with Crippen molar-refractivity contribution in [3.05, 3.63) is 15.9 Å². The highest BCUT2D eigenvalue weighted by Crippen LogP contribution is 2.37. The zero-order valence-corrected chi connectivity index (χ0v) is 14.1. The van der Waals surface area contributed by atoms with Crippen LogP contribution in [0.15, 0.2) is 10.8 Å². The molecule has 0 radical (unpaired) electrons. The Kier molecular flexibility index (Phi) is 7.27. The lowest BCUT2D eigenvalue weighted by molar-refractivity contribution is 0.299. The van der Waals surface area contributed by atoms with Gasteiger partial charge in [0, 0.05) is 5.41 Å². The molecule has 3 heteroatoms. The van der Waals surface area contributed by atoms with Gasteiger partial charge in [-0.3, -0.25) is 0 Å². The standard InChI is InChI=1S/C15H26INO/c1-4-6-8-9-11-15(3,10-7-5-2)13-14(16)17-12-18-13/h12H,4-11H2,1-3H3. The molecule has 0 spiro atoms. The smallest absolute Gasteiger partial charge is 0.181 e. The zero-order valence-electron chi connectivity index (χ0n) is 12.0. The fourth-order valence-electron chi connectivity index (χ4n) is 2.48. The quantitative estimate of drug-likeness (QED) is 0.416. The molecule has 2 nitrogen and oxygen atoms in total. The fourth-order valence-corrected chi connectivity index (χ4v) is 3.38. The molecule has 1 heterocycles. The van der Waals surface area contributed by atoms with Crippen LogP contribution in [0.25, 0.3) is 0 Å². The van der Waals surface area contributed by atoms with Crippen LogP contribution in [-0.4, -0.2) is 4.98 Å². The molecule has 1 atom stereocenters. The molecular formula is C15H26INO. The Hall–Kier alpha value is -0.0600. The number of aromatic nitrogens is 1. The van der Waals surface area contributed by atoms with Crippen molar-refractivity contribution in [2.24, 2.45) is 0 Å². The molecule has 0 saturated heterocycles. The van der Waals surface area contributed by atoms with Gasteiger partial charge in [0.25, 0.3) is 0 Å². The Balaban J connectivity index is 2.66. The minimum absolute atomic E-state index is 0.177. The summed E-state index contributed by atoms with van der Waals surface area (Å²) in [6.45, 7) is 6.86. The molecule has 0 aliphatic rings. The molecule has 0 aliphatic heterocycles. The van der Waals surface area contributed by atoms with Crippen LogP contribution in [-0.2, 0) is 5.41 Å². The third-order valence-corrected chi connectivity index (χ3v) is 4.50. The highest BCUT2D eigenvalue weighted by Gasteiger charge is 2.31. The number of halogens is 1. The van der Waals surface area contributed by atoms with Crippen LogP contribution in [0.1, 0.15) is 77.9 Å². The van der Waals surface area contributed by atoms with Crippen molar-refractivity contribution in [3.63, 3.8) is 0 Å². The van der Waals surface area contributed by atoms with Crippen LogP contribution >= 0.6 is 22.6 Å². The molecule has 0 amide bonds. The Morgan fingerprint density at radius 1 is 1.11 bits per heavy atom. The Morgan fingerprint density at radius 2 is 1.78 bits per heavy atom. The van der Waals surface area contributed by atoms with Crippen LogP contribution in [0.4, 0.5) is 0 Å². The van der Waals surface area contributed by atoms with Gasteiger partial charge < -0.3 is 4.42 Å². The van der Waals surface area contributed by atoms with E-state index in [9.17, 15) is 0 Å². The van der Waals surface area contributed by atoms with E-state index in [-0.39, 0.29) is 5.41 Å². The fraction of sp³-hybridized carbons (Fsp3) is 0.800. The van der Waals surface area contributed by atoms with Crippen molar-refractivity contribution in [2.75, 3.05) is 0 Å². The second-order valence-electron chi connectivity index (χ2n) is 5.45. The molecule has 18 heavy (non-hydrogen) atoms. The molecule has 104 valence electrons. The number of oxazole rings is 1. The predicted molar refractivity (Wildman–Crippen MR) is 84.9 cm³/mol. The molecule has 1 aromatic heterocycles. The van der Waals surface area contributed by atoms with Crippen molar-refractivity contribution in [2.45, 2.75) is 77.6 Å². The maximum absolute atomic E-state index is 5.66. The van der Waals surface area contributed by atoms with Gasteiger partial charge >= 0.3 is 0 Å². The molecule has 0 N–H and O–H groups in total. The van der Waals surface area contributed by atoms with Crippen molar-refractivity contribution >= 4 is 22.6 Å². The molecule has 0 bridgehead atoms. The first-order valence-electron chi connectivity index (χ1n) is 7.23. The van der Waals surface area contributed by atoms with Gasteiger partial charge in [-0.1, -0.05) is 59.3 Å². The van der Waals surface area contributed by atoms with Crippen LogP contribution in [0.2, 0.25) is 0 Å². The Labute approximate surface area is 125 Å². The van der Waals surface area contributed by atoms with Crippen LogP contribution in [0, 0.1) is 3.70 Å². The van der Waals surface area contributed by atoms with E-state index in [0.717, 1.165) is 9.46 Å². The first-order chi connectivity index (χ1) is 8.64. The number of nitrogens with zero attached hydrogens (tertiary/aromatic N) is 1. The molecule has 1 unspecified atom stereocenters. The van der Waals surface area contributed by atoms with Gasteiger partial charge in [-0.25, -0.2) is 4.98 Å². The lowest BCUT2D eigenvalue weighted by atomic mass is 9.78. The predicted octanol–water partition coefficient (Wildman–Crippen LogP) is 5.70. The van der Waals surface area contributed by atoms with E-state index in [2.05, 4.69) is 48.3 Å². The van der Waals surface area contributed by atoms with Gasteiger partial charge in [0.1, 0.15) is 9.46 Å². The maximum Gasteiger partial charge on any atom is 0.181 e. The van der Waals surface area contributed by atoms with E-state index < -0.39 is 0 Å². The van der Waals surface area contributed by atoms with Crippen molar-refractivity contribution in [1.82, 2.24) is 4.98 Å². The lowest BCUT2D eigenvalue weighted by Crippen LogP contribution is -2.22. The monoisotopic (exact) mass is 363 g/mol. The molecule has 0 aromatic carbocycles.